The monoisotopic (exact) mass is 248 g/mol. The van der Waals surface area contributed by atoms with Gasteiger partial charge in [-0.15, -0.1) is 11.3 Å². The molecule has 0 unspecified atom stereocenters. The van der Waals surface area contributed by atoms with E-state index in [-0.39, 0.29) is 0 Å². The molecule has 0 aliphatic rings. The second-order valence-electron chi connectivity index (χ2n) is 1.93. The first kappa shape index (κ1) is 7.46. The maximum Gasteiger partial charge on any atom is 0.129 e. The van der Waals surface area contributed by atoms with Crippen molar-refractivity contribution in [2.24, 2.45) is 0 Å². The van der Waals surface area contributed by atoms with Gasteiger partial charge in [0.15, 0.2) is 0 Å². The van der Waals surface area contributed by atoms with Gasteiger partial charge < -0.3 is 0 Å². The molecule has 0 aliphatic carbocycles. The van der Waals surface area contributed by atoms with Crippen molar-refractivity contribution >= 4 is 49.1 Å². The third-order valence-electron chi connectivity index (χ3n) is 1.28. The van der Waals surface area contributed by atoms with E-state index in [1.165, 1.54) is 17.7 Å². The van der Waals surface area contributed by atoms with Crippen LogP contribution in [-0.4, -0.2) is 9.97 Å². The van der Waals surface area contributed by atoms with Gasteiger partial charge in [-0.2, -0.15) is 0 Å². The number of rotatable bonds is 0. The lowest BCUT2D eigenvalue weighted by molar-refractivity contribution is 1.20. The minimum absolute atomic E-state index is 0.706. The van der Waals surface area contributed by atoms with Gasteiger partial charge in [-0.05, 0) is 15.9 Å². The van der Waals surface area contributed by atoms with Crippen molar-refractivity contribution in [2.45, 2.75) is 0 Å². The normalized spacial score (nSPS) is 10.7. The highest BCUT2D eigenvalue weighted by Crippen LogP contribution is 2.32. The zero-order valence-electron chi connectivity index (χ0n) is 5.21. The number of hydrogen-bond acceptors (Lipinski definition) is 3. The standard InChI is InChI=1S/C6H2BrClN2S/c7-5-4-3(8)1-11-6(4)10-2-9-5/h1-2H. The number of fused-ring (bicyclic) bond motifs is 1. The molecule has 0 aromatic carbocycles. The molecule has 0 atom stereocenters. The predicted molar refractivity (Wildman–Crippen MR) is 50.1 cm³/mol. The second-order valence-corrected chi connectivity index (χ2v) is 3.94. The van der Waals surface area contributed by atoms with Crippen LogP contribution in [0.2, 0.25) is 5.02 Å². The van der Waals surface area contributed by atoms with Gasteiger partial charge in [0.25, 0.3) is 0 Å². The molecule has 0 spiro atoms. The SMILES string of the molecule is Clc1csc2ncnc(Br)c12. The Bertz CT molecular complexity index is 400. The summed E-state index contributed by atoms with van der Waals surface area (Å²) in [6.07, 6.45) is 1.51. The average Bonchev–Trinajstić information content (AvgIpc) is 2.34. The fraction of sp³-hybridized carbons (Fsp3) is 0. The summed E-state index contributed by atoms with van der Waals surface area (Å²) in [6.45, 7) is 0. The topological polar surface area (TPSA) is 25.8 Å². The van der Waals surface area contributed by atoms with Crippen molar-refractivity contribution in [3.63, 3.8) is 0 Å². The van der Waals surface area contributed by atoms with Gasteiger partial charge in [0.2, 0.25) is 0 Å². The van der Waals surface area contributed by atoms with Crippen LogP contribution >= 0.6 is 38.9 Å². The zero-order valence-corrected chi connectivity index (χ0v) is 8.37. The summed E-state index contributed by atoms with van der Waals surface area (Å²) < 4.78 is 0.758. The molecule has 2 aromatic heterocycles. The number of thiophene rings is 1. The Kier molecular flexibility index (Phi) is 1.83. The largest absolute Gasteiger partial charge is 0.229 e. The fourth-order valence-electron chi connectivity index (χ4n) is 0.806. The summed E-state index contributed by atoms with van der Waals surface area (Å²) in [7, 11) is 0. The van der Waals surface area contributed by atoms with Crippen LogP contribution in [0.3, 0.4) is 0 Å². The quantitative estimate of drug-likeness (QED) is 0.671. The summed E-state index contributed by atoms with van der Waals surface area (Å²) in [4.78, 5) is 8.94. The zero-order chi connectivity index (χ0) is 7.84. The Morgan fingerprint density at radius 1 is 1.45 bits per heavy atom. The smallest absolute Gasteiger partial charge is 0.129 e. The lowest BCUT2D eigenvalue weighted by Crippen LogP contribution is -1.78. The van der Waals surface area contributed by atoms with Crippen LogP contribution in [0.15, 0.2) is 16.3 Å². The highest BCUT2D eigenvalue weighted by atomic mass is 79.9. The average molecular weight is 250 g/mol. The first-order valence-electron chi connectivity index (χ1n) is 2.82. The van der Waals surface area contributed by atoms with Crippen molar-refractivity contribution < 1.29 is 0 Å². The lowest BCUT2D eigenvalue weighted by Gasteiger charge is -1.90. The van der Waals surface area contributed by atoms with E-state index in [9.17, 15) is 0 Å². The van der Waals surface area contributed by atoms with Crippen LogP contribution < -0.4 is 0 Å². The molecule has 5 heteroatoms. The second kappa shape index (κ2) is 2.69. The molecule has 56 valence electrons. The van der Waals surface area contributed by atoms with Gasteiger partial charge in [-0.1, -0.05) is 11.6 Å². The van der Waals surface area contributed by atoms with Gasteiger partial charge in [-0.25, -0.2) is 9.97 Å². The highest BCUT2D eigenvalue weighted by molar-refractivity contribution is 9.10. The van der Waals surface area contributed by atoms with E-state index in [0.717, 1.165) is 14.8 Å². The van der Waals surface area contributed by atoms with E-state index in [4.69, 9.17) is 11.6 Å². The van der Waals surface area contributed by atoms with E-state index >= 15 is 0 Å². The minimum atomic E-state index is 0.706. The van der Waals surface area contributed by atoms with Crippen LogP contribution in [0.25, 0.3) is 10.2 Å². The Morgan fingerprint density at radius 3 is 3.00 bits per heavy atom. The van der Waals surface area contributed by atoms with Gasteiger partial charge in [-0.3, -0.25) is 0 Å². The molecule has 0 aliphatic heterocycles. The summed E-state index contributed by atoms with van der Waals surface area (Å²) in [5.41, 5.74) is 0. The lowest BCUT2D eigenvalue weighted by atomic mass is 10.4. The van der Waals surface area contributed by atoms with E-state index in [1.54, 1.807) is 0 Å². The van der Waals surface area contributed by atoms with Crippen LogP contribution in [0, 0.1) is 0 Å². The molecule has 2 rings (SSSR count). The molecule has 0 N–H and O–H groups in total. The number of aromatic nitrogens is 2. The van der Waals surface area contributed by atoms with Gasteiger partial charge in [0, 0.05) is 5.38 Å². The van der Waals surface area contributed by atoms with Crippen LogP contribution in [0.5, 0.6) is 0 Å². The molecule has 0 amide bonds. The number of halogens is 2. The van der Waals surface area contributed by atoms with Crippen molar-refractivity contribution in [3.05, 3.63) is 21.3 Å². The third-order valence-corrected chi connectivity index (χ3v) is 3.19. The molecule has 2 heterocycles. The Hall–Kier alpha value is -0.190. The molecular weight excluding hydrogens is 248 g/mol. The first-order chi connectivity index (χ1) is 5.29. The maximum absolute atomic E-state index is 5.88. The fourth-order valence-corrected chi connectivity index (χ4v) is 2.68. The third kappa shape index (κ3) is 1.15. The molecule has 0 saturated carbocycles. The van der Waals surface area contributed by atoms with Crippen molar-refractivity contribution in [3.8, 4) is 0 Å². The molecule has 0 radical (unpaired) electrons. The van der Waals surface area contributed by atoms with Crippen LogP contribution in [-0.2, 0) is 0 Å². The number of hydrogen-bond donors (Lipinski definition) is 0. The van der Waals surface area contributed by atoms with Gasteiger partial charge >= 0.3 is 0 Å². The number of nitrogens with zero attached hydrogens (tertiary/aromatic N) is 2. The Morgan fingerprint density at radius 2 is 2.27 bits per heavy atom. The predicted octanol–water partition coefficient (Wildman–Crippen LogP) is 3.11. The van der Waals surface area contributed by atoms with Crippen molar-refractivity contribution in [1.82, 2.24) is 9.97 Å². The summed E-state index contributed by atoms with van der Waals surface area (Å²) in [6, 6.07) is 0. The van der Waals surface area contributed by atoms with Crippen LogP contribution in [0.4, 0.5) is 0 Å². The van der Waals surface area contributed by atoms with E-state index in [1.807, 2.05) is 5.38 Å². The highest BCUT2D eigenvalue weighted by Gasteiger charge is 2.06. The molecule has 0 bridgehead atoms. The molecule has 0 saturated heterocycles. The van der Waals surface area contributed by atoms with Crippen LogP contribution in [0.1, 0.15) is 0 Å². The van der Waals surface area contributed by atoms with Crippen molar-refractivity contribution in [1.29, 1.82) is 0 Å². The maximum atomic E-state index is 5.88. The summed E-state index contributed by atoms with van der Waals surface area (Å²) in [5, 5.41) is 3.46. The molecular formula is C6H2BrClN2S. The summed E-state index contributed by atoms with van der Waals surface area (Å²) in [5.74, 6) is 0. The van der Waals surface area contributed by atoms with Crippen molar-refractivity contribution in [2.75, 3.05) is 0 Å². The molecule has 0 fully saturated rings. The minimum Gasteiger partial charge on any atom is -0.229 e. The molecule has 2 nitrogen and oxygen atoms in total. The molecule has 11 heavy (non-hydrogen) atoms. The van der Waals surface area contributed by atoms with E-state index in [2.05, 4.69) is 25.9 Å². The first-order valence-corrected chi connectivity index (χ1v) is 4.87. The Labute approximate surface area is 80.4 Å². The van der Waals surface area contributed by atoms with Gasteiger partial charge in [0.05, 0.1) is 10.4 Å². The summed E-state index contributed by atoms with van der Waals surface area (Å²) >= 11 is 10.7. The molecule has 2 aromatic rings. The van der Waals surface area contributed by atoms with E-state index < -0.39 is 0 Å². The van der Waals surface area contributed by atoms with E-state index in [0.29, 0.717) is 5.02 Å². The Balaban J connectivity index is 2.96. The van der Waals surface area contributed by atoms with Gasteiger partial charge in [0.1, 0.15) is 15.8 Å².